The number of ether oxygens (including phenoxy) is 1. The molecule has 1 N–H and O–H groups in total. The average molecular weight is 310 g/mol. The quantitative estimate of drug-likeness (QED) is 0.929. The number of rotatable bonds is 4. The first-order chi connectivity index (χ1) is 10.1. The predicted octanol–water partition coefficient (Wildman–Crippen LogP) is 2.83. The van der Waals surface area contributed by atoms with Gasteiger partial charge in [0.2, 0.25) is 0 Å². The smallest absolute Gasteiger partial charge is 0.303 e. The molecule has 0 aliphatic carbocycles. The molecule has 1 aromatic carbocycles. The van der Waals surface area contributed by atoms with Gasteiger partial charge in [-0.05, 0) is 49.1 Å². The molecule has 2 aliphatic heterocycles. The van der Waals surface area contributed by atoms with E-state index in [9.17, 15) is 4.79 Å². The van der Waals surface area contributed by atoms with Crippen molar-refractivity contribution in [3.05, 3.63) is 28.8 Å². The van der Waals surface area contributed by atoms with Gasteiger partial charge in [0, 0.05) is 31.0 Å². The van der Waals surface area contributed by atoms with Crippen molar-refractivity contribution in [3.8, 4) is 5.75 Å². The number of carboxylic acids is 1. The van der Waals surface area contributed by atoms with Gasteiger partial charge in [0.15, 0.2) is 0 Å². The normalized spacial score (nSPS) is 25.4. The first kappa shape index (κ1) is 14.7. The highest BCUT2D eigenvalue weighted by molar-refractivity contribution is 6.30. The predicted molar refractivity (Wildman–Crippen MR) is 81.0 cm³/mol. The molecule has 21 heavy (non-hydrogen) atoms. The highest BCUT2D eigenvalue weighted by atomic mass is 35.5. The molecule has 1 saturated heterocycles. The molecule has 2 aliphatic rings. The monoisotopic (exact) mass is 309 g/mol. The van der Waals surface area contributed by atoms with E-state index in [-0.39, 0.29) is 18.4 Å². The summed E-state index contributed by atoms with van der Waals surface area (Å²) in [5, 5.41) is 9.67. The van der Waals surface area contributed by atoms with Gasteiger partial charge in [0.25, 0.3) is 0 Å². The fraction of sp³-hybridized carbons (Fsp3) is 0.562. The second-order valence-corrected chi connectivity index (χ2v) is 6.50. The molecule has 1 aromatic rings. The molecule has 0 amide bonds. The van der Waals surface area contributed by atoms with Crippen molar-refractivity contribution < 1.29 is 14.6 Å². The van der Waals surface area contributed by atoms with Crippen molar-refractivity contribution in [1.29, 1.82) is 0 Å². The van der Waals surface area contributed by atoms with Crippen LogP contribution in [0.3, 0.4) is 0 Å². The SMILES string of the molecule is O=C(O)CC1CCCN(CC2Cc3cc(Cl)ccc3O2)C1. The van der Waals surface area contributed by atoms with Gasteiger partial charge in [0.1, 0.15) is 11.9 Å². The van der Waals surface area contributed by atoms with E-state index in [1.54, 1.807) is 0 Å². The minimum atomic E-state index is -0.694. The van der Waals surface area contributed by atoms with E-state index < -0.39 is 5.97 Å². The lowest BCUT2D eigenvalue weighted by atomic mass is 9.94. The minimum absolute atomic E-state index is 0.155. The van der Waals surface area contributed by atoms with Crippen LogP contribution in [0.25, 0.3) is 0 Å². The van der Waals surface area contributed by atoms with Gasteiger partial charge in [0.05, 0.1) is 0 Å². The van der Waals surface area contributed by atoms with Crippen molar-refractivity contribution in [3.63, 3.8) is 0 Å². The molecule has 2 atom stereocenters. The van der Waals surface area contributed by atoms with Gasteiger partial charge in [-0.1, -0.05) is 11.6 Å². The number of halogens is 1. The Morgan fingerprint density at radius 2 is 2.33 bits per heavy atom. The van der Waals surface area contributed by atoms with Crippen LogP contribution in [0.1, 0.15) is 24.8 Å². The summed E-state index contributed by atoms with van der Waals surface area (Å²) in [6.45, 7) is 2.76. The maximum absolute atomic E-state index is 10.8. The van der Waals surface area contributed by atoms with E-state index in [1.165, 1.54) is 5.56 Å². The third-order valence-corrected chi connectivity index (χ3v) is 4.53. The first-order valence-electron chi connectivity index (χ1n) is 7.49. The number of hydrogen-bond donors (Lipinski definition) is 1. The van der Waals surface area contributed by atoms with Crippen LogP contribution in [0.5, 0.6) is 5.75 Å². The van der Waals surface area contributed by atoms with Crippen LogP contribution in [-0.2, 0) is 11.2 Å². The van der Waals surface area contributed by atoms with Crippen LogP contribution < -0.4 is 4.74 Å². The highest BCUT2D eigenvalue weighted by Crippen LogP contribution is 2.32. The minimum Gasteiger partial charge on any atom is -0.488 e. The Hall–Kier alpha value is -1.26. The van der Waals surface area contributed by atoms with Gasteiger partial charge in [-0.3, -0.25) is 9.69 Å². The molecule has 3 rings (SSSR count). The number of carbonyl (C=O) groups is 1. The molecule has 2 heterocycles. The molecule has 0 bridgehead atoms. The maximum atomic E-state index is 10.8. The van der Waals surface area contributed by atoms with Crippen molar-refractivity contribution >= 4 is 17.6 Å². The van der Waals surface area contributed by atoms with Crippen LogP contribution in [0.4, 0.5) is 0 Å². The second kappa shape index (κ2) is 6.24. The largest absolute Gasteiger partial charge is 0.488 e. The molecule has 2 unspecified atom stereocenters. The van der Waals surface area contributed by atoms with E-state index in [0.717, 1.165) is 49.7 Å². The van der Waals surface area contributed by atoms with Gasteiger partial charge < -0.3 is 9.84 Å². The topological polar surface area (TPSA) is 49.8 Å². The third-order valence-electron chi connectivity index (χ3n) is 4.29. The van der Waals surface area contributed by atoms with Crippen molar-refractivity contribution in [2.75, 3.05) is 19.6 Å². The molecule has 0 aromatic heterocycles. The Labute approximate surface area is 129 Å². The number of benzene rings is 1. The van der Waals surface area contributed by atoms with Crippen LogP contribution in [0, 0.1) is 5.92 Å². The zero-order valence-electron chi connectivity index (χ0n) is 11.9. The number of nitrogens with zero attached hydrogens (tertiary/aromatic N) is 1. The molecule has 0 spiro atoms. The lowest BCUT2D eigenvalue weighted by Gasteiger charge is -2.33. The van der Waals surface area contributed by atoms with Crippen LogP contribution in [0.2, 0.25) is 5.02 Å². The Balaban J connectivity index is 1.55. The summed E-state index contributed by atoms with van der Waals surface area (Å²) in [4.78, 5) is 13.2. The molecule has 0 radical (unpaired) electrons. The van der Waals surface area contributed by atoms with Crippen molar-refractivity contribution in [1.82, 2.24) is 4.90 Å². The standard InChI is InChI=1S/C16H20ClNO3/c17-13-3-4-15-12(7-13)8-14(21-15)10-18-5-1-2-11(9-18)6-16(19)20/h3-4,7,11,14H,1-2,5-6,8-10H2,(H,19,20). The number of carboxylic acid groups (broad SMARTS) is 1. The van der Waals surface area contributed by atoms with Gasteiger partial charge in [-0.15, -0.1) is 0 Å². The number of piperidine rings is 1. The lowest BCUT2D eigenvalue weighted by Crippen LogP contribution is -2.41. The van der Waals surface area contributed by atoms with E-state index >= 15 is 0 Å². The fourth-order valence-corrected chi connectivity index (χ4v) is 3.60. The van der Waals surface area contributed by atoms with Crippen LogP contribution in [0.15, 0.2) is 18.2 Å². The maximum Gasteiger partial charge on any atom is 0.303 e. The van der Waals surface area contributed by atoms with Gasteiger partial charge >= 0.3 is 5.97 Å². The Morgan fingerprint density at radius 3 is 3.14 bits per heavy atom. The van der Waals surface area contributed by atoms with E-state index in [0.29, 0.717) is 0 Å². The number of aliphatic carboxylic acids is 1. The summed E-state index contributed by atoms with van der Waals surface area (Å²) in [6, 6.07) is 5.76. The van der Waals surface area contributed by atoms with E-state index in [4.69, 9.17) is 21.4 Å². The summed E-state index contributed by atoms with van der Waals surface area (Å²) in [5.41, 5.74) is 1.17. The summed E-state index contributed by atoms with van der Waals surface area (Å²) in [6.07, 6.45) is 3.41. The second-order valence-electron chi connectivity index (χ2n) is 6.06. The van der Waals surface area contributed by atoms with Crippen LogP contribution >= 0.6 is 11.6 Å². The number of likely N-dealkylation sites (tertiary alicyclic amines) is 1. The molecular weight excluding hydrogens is 290 g/mol. The Bertz CT molecular complexity index is 534. The molecule has 114 valence electrons. The van der Waals surface area contributed by atoms with E-state index in [2.05, 4.69) is 4.90 Å². The highest BCUT2D eigenvalue weighted by Gasteiger charge is 2.28. The molecule has 5 heteroatoms. The number of fused-ring (bicyclic) bond motifs is 1. The summed E-state index contributed by atoms with van der Waals surface area (Å²) >= 11 is 6.01. The van der Waals surface area contributed by atoms with Gasteiger partial charge in [-0.25, -0.2) is 0 Å². The van der Waals surface area contributed by atoms with Crippen molar-refractivity contribution in [2.45, 2.75) is 31.8 Å². The zero-order valence-corrected chi connectivity index (χ0v) is 12.7. The average Bonchev–Trinajstić information content (AvgIpc) is 2.79. The van der Waals surface area contributed by atoms with Gasteiger partial charge in [-0.2, -0.15) is 0 Å². The third kappa shape index (κ3) is 3.69. The molecule has 4 nitrogen and oxygen atoms in total. The fourth-order valence-electron chi connectivity index (χ4n) is 3.41. The summed E-state index contributed by atoms with van der Waals surface area (Å²) < 4.78 is 5.96. The summed E-state index contributed by atoms with van der Waals surface area (Å²) in [5.74, 6) is 0.513. The zero-order chi connectivity index (χ0) is 14.8. The summed E-state index contributed by atoms with van der Waals surface area (Å²) in [7, 11) is 0. The Kier molecular flexibility index (Phi) is 4.36. The first-order valence-corrected chi connectivity index (χ1v) is 7.87. The molecular formula is C16H20ClNO3. The number of hydrogen-bond acceptors (Lipinski definition) is 3. The lowest BCUT2D eigenvalue weighted by molar-refractivity contribution is -0.138. The van der Waals surface area contributed by atoms with Crippen molar-refractivity contribution in [2.24, 2.45) is 5.92 Å². The molecule has 0 saturated carbocycles. The van der Waals surface area contributed by atoms with Crippen LogP contribution in [-0.4, -0.2) is 41.7 Å². The Morgan fingerprint density at radius 1 is 1.48 bits per heavy atom. The molecule has 1 fully saturated rings. The van der Waals surface area contributed by atoms with E-state index in [1.807, 2.05) is 18.2 Å².